The lowest BCUT2D eigenvalue weighted by atomic mass is 9.46. The standard InChI is InChI=1S/C28H35FO2.C8H8F.BrH.Mg/c1-27-15-13-21(30)17-19(27)6-9-22-23-10-11-25(28(23,2)16-14-24(22)27)26(31)12-5-18-3-7-20(29)8-4-18;1-2-7-3-5-8(9)6-4-7;;/h3-4,7-8,17,22-25H,5-6,9-16H2,1-2H3;3-6H,1-2H2;1H;/q;;;+1/p-1/t22?,23?,24?,25-,27+,28+;;;/m1.../s1. The van der Waals surface area contributed by atoms with Gasteiger partial charge in [0.25, 0.3) is 0 Å². The second kappa shape index (κ2) is 13.7. The van der Waals surface area contributed by atoms with Crippen molar-refractivity contribution >= 4 is 42.6 Å². The molecule has 3 unspecified atom stereocenters. The average molecular weight is 650 g/mol. The Bertz CT molecular complexity index is 1290. The number of Topliss-reactive ketones (excluding diaryl/α,β-unsaturated/α-hetero) is 1. The summed E-state index contributed by atoms with van der Waals surface area (Å²) in [5, 5.41) is 0. The van der Waals surface area contributed by atoms with Crippen LogP contribution in [0.2, 0.25) is 4.55 Å². The summed E-state index contributed by atoms with van der Waals surface area (Å²) >= 11 is 3.47. The van der Waals surface area contributed by atoms with E-state index in [1.807, 2.05) is 18.2 Å². The maximum absolute atomic E-state index is 13.3. The monoisotopic (exact) mass is 648 g/mol. The van der Waals surface area contributed by atoms with E-state index in [1.54, 1.807) is 12.1 Å². The number of rotatable bonds is 7. The van der Waals surface area contributed by atoms with Gasteiger partial charge in [0.05, 0.1) is 0 Å². The number of allylic oxidation sites excluding steroid dienone is 1. The third-order valence-electron chi connectivity index (χ3n) is 11.4. The van der Waals surface area contributed by atoms with Crippen LogP contribution in [0.3, 0.4) is 0 Å². The van der Waals surface area contributed by atoms with Gasteiger partial charge >= 0.3 is 18.2 Å². The Morgan fingerprint density at radius 2 is 1.50 bits per heavy atom. The molecule has 0 aromatic heterocycles. The number of hydrogen-bond acceptors (Lipinski definition) is 2. The van der Waals surface area contributed by atoms with Crippen molar-refractivity contribution in [3.05, 3.63) is 82.9 Å². The molecule has 222 valence electrons. The summed E-state index contributed by atoms with van der Waals surface area (Å²) in [6.45, 7) is 4.82. The fraction of sp³-hybridized carbons (Fsp3) is 0.556. The molecule has 42 heavy (non-hydrogen) atoms. The highest BCUT2D eigenvalue weighted by Gasteiger charge is 2.59. The van der Waals surface area contributed by atoms with Gasteiger partial charge in [0.2, 0.25) is 0 Å². The normalized spacial score (nSPS) is 31.5. The van der Waals surface area contributed by atoms with Crippen LogP contribution >= 0.6 is 12.9 Å². The fourth-order valence-corrected chi connectivity index (χ4v) is 10.5. The summed E-state index contributed by atoms with van der Waals surface area (Å²) in [7, 11) is 0. The number of fused-ring (bicyclic) bond motifs is 5. The number of benzene rings is 2. The minimum atomic E-state index is -0.223. The fourth-order valence-electron chi connectivity index (χ4n) is 9.10. The average Bonchev–Trinajstić information content (AvgIpc) is 3.34. The SMILES string of the molecule is C[C@]12CCC(=O)C=C1CCC1C2CC[C@@]2(C)C1CC[C@@H]2C(=O)CCc1ccc(F)cc1.Fc1ccc(C[CH2][Mg][Br])cc1. The molecule has 0 bridgehead atoms. The topological polar surface area (TPSA) is 34.1 Å². The molecule has 0 N–H and O–H groups in total. The molecule has 4 aliphatic carbocycles. The first-order valence-corrected chi connectivity index (χ1v) is 20.9. The van der Waals surface area contributed by atoms with Gasteiger partial charge in [-0.25, -0.2) is 8.78 Å². The number of hydrogen-bond donors (Lipinski definition) is 0. The molecule has 2 nitrogen and oxygen atoms in total. The molecule has 0 saturated heterocycles. The van der Waals surface area contributed by atoms with Crippen molar-refractivity contribution in [3.8, 4) is 0 Å². The van der Waals surface area contributed by atoms with E-state index in [1.165, 1.54) is 59.2 Å². The van der Waals surface area contributed by atoms with Crippen LogP contribution in [0.1, 0.15) is 82.8 Å². The number of carbonyl (C=O) groups is 2. The molecular weight excluding hydrogens is 607 g/mol. The van der Waals surface area contributed by atoms with E-state index in [-0.39, 0.29) is 46.6 Å². The van der Waals surface area contributed by atoms with E-state index < -0.39 is 0 Å². The first kappa shape index (κ1) is 32.0. The van der Waals surface area contributed by atoms with E-state index in [0.717, 1.165) is 37.7 Å². The highest BCUT2D eigenvalue weighted by atomic mass is 79.9. The number of aryl methyl sites for hydroxylation is 2. The zero-order chi connectivity index (χ0) is 29.9. The molecule has 6 atom stereocenters. The summed E-state index contributed by atoms with van der Waals surface area (Å²) < 4.78 is 26.8. The molecule has 0 aliphatic heterocycles. The van der Waals surface area contributed by atoms with Crippen LogP contribution in [-0.4, -0.2) is 29.8 Å². The Kier molecular flexibility index (Phi) is 10.5. The molecule has 2 aromatic rings. The van der Waals surface area contributed by atoms with Gasteiger partial charge in [0.1, 0.15) is 17.4 Å². The van der Waals surface area contributed by atoms with Crippen LogP contribution < -0.4 is 0 Å². The van der Waals surface area contributed by atoms with Gasteiger partial charge in [0.15, 0.2) is 5.78 Å². The minimum Gasteiger partial charge on any atom is -0.307 e. The van der Waals surface area contributed by atoms with Crippen LogP contribution in [-0.2, 0) is 22.4 Å². The third kappa shape index (κ3) is 6.81. The van der Waals surface area contributed by atoms with Crippen molar-refractivity contribution in [1.29, 1.82) is 0 Å². The van der Waals surface area contributed by atoms with Gasteiger partial charge in [-0.15, -0.1) is 4.55 Å². The summed E-state index contributed by atoms with van der Waals surface area (Å²) in [5.74, 6) is 2.55. The second-order valence-corrected chi connectivity index (χ2v) is 17.1. The van der Waals surface area contributed by atoms with Gasteiger partial charge in [-0.3, -0.25) is 9.59 Å². The van der Waals surface area contributed by atoms with Crippen LogP contribution in [0.25, 0.3) is 0 Å². The minimum absolute atomic E-state index is 0.0208. The van der Waals surface area contributed by atoms with Crippen molar-refractivity contribution in [2.24, 2.45) is 34.5 Å². The van der Waals surface area contributed by atoms with E-state index >= 15 is 0 Å². The third-order valence-corrected chi connectivity index (χ3v) is 13.7. The van der Waals surface area contributed by atoms with Gasteiger partial charge < -0.3 is 12.9 Å². The predicted octanol–water partition coefficient (Wildman–Crippen LogP) is 9.28. The number of carbonyl (C=O) groups excluding carboxylic acids is 2. The molecule has 6 heteroatoms. The number of ketones is 2. The van der Waals surface area contributed by atoms with E-state index in [4.69, 9.17) is 0 Å². The Morgan fingerprint density at radius 3 is 2.14 bits per heavy atom. The Labute approximate surface area is 266 Å². The molecule has 0 radical (unpaired) electrons. The Hall–Kier alpha value is -1.37. The van der Waals surface area contributed by atoms with Crippen LogP contribution in [0.5, 0.6) is 0 Å². The number of halogens is 3. The maximum Gasteiger partial charge on any atom is 0.468 e. The van der Waals surface area contributed by atoms with Crippen molar-refractivity contribution in [2.45, 2.75) is 89.0 Å². The molecular formula is C36H43BrF2MgO2. The van der Waals surface area contributed by atoms with Crippen molar-refractivity contribution in [3.63, 3.8) is 0 Å². The lowest BCUT2D eigenvalue weighted by Crippen LogP contribution is -2.51. The van der Waals surface area contributed by atoms with Gasteiger partial charge in [-0.2, -0.15) is 0 Å². The molecule has 6 rings (SSSR count). The summed E-state index contributed by atoms with van der Waals surface area (Å²) in [4.78, 5) is 25.3. The molecule has 0 spiro atoms. The summed E-state index contributed by atoms with van der Waals surface area (Å²) in [6.07, 6.45) is 12.9. The zero-order valence-electron chi connectivity index (χ0n) is 25.1. The van der Waals surface area contributed by atoms with E-state index in [0.29, 0.717) is 48.6 Å². The van der Waals surface area contributed by atoms with Gasteiger partial charge in [-0.05, 0) is 128 Å². The molecule has 3 saturated carbocycles. The highest BCUT2D eigenvalue weighted by molar-refractivity contribution is 9.23. The summed E-state index contributed by atoms with van der Waals surface area (Å²) in [6, 6.07) is 13.3. The zero-order valence-corrected chi connectivity index (χ0v) is 28.1. The molecule has 4 aliphatic rings. The van der Waals surface area contributed by atoms with Crippen LogP contribution in [0.15, 0.2) is 60.2 Å². The van der Waals surface area contributed by atoms with Crippen LogP contribution in [0.4, 0.5) is 8.78 Å². The van der Waals surface area contributed by atoms with E-state index in [9.17, 15) is 18.4 Å². The Morgan fingerprint density at radius 1 is 0.857 bits per heavy atom. The predicted molar refractivity (Wildman–Crippen MR) is 170 cm³/mol. The van der Waals surface area contributed by atoms with Gasteiger partial charge in [0, 0.05) is 18.8 Å². The first-order valence-electron chi connectivity index (χ1n) is 16.0. The maximum atomic E-state index is 13.3. The molecule has 2 aromatic carbocycles. The molecule has 0 heterocycles. The quantitative estimate of drug-likeness (QED) is 0.280. The first-order chi connectivity index (χ1) is 20.1. The molecule has 0 amide bonds. The summed E-state index contributed by atoms with van der Waals surface area (Å²) in [5.41, 5.74) is 4.02. The Balaban J connectivity index is 0.000000271. The largest absolute Gasteiger partial charge is 0.468 e. The highest BCUT2D eigenvalue weighted by Crippen LogP contribution is 2.66. The van der Waals surface area contributed by atoms with Crippen molar-refractivity contribution in [2.75, 3.05) is 0 Å². The second-order valence-electron chi connectivity index (χ2n) is 13.7. The lowest BCUT2D eigenvalue weighted by molar-refractivity contribution is -0.130. The van der Waals surface area contributed by atoms with Gasteiger partial charge in [-0.1, -0.05) is 43.7 Å². The molecule has 3 fully saturated rings. The van der Waals surface area contributed by atoms with Crippen molar-refractivity contribution < 1.29 is 18.4 Å². The smallest absolute Gasteiger partial charge is 0.307 e. The van der Waals surface area contributed by atoms with Crippen molar-refractivity contribution in [1.82, 2.24) is 0 Å². The van der Waals surface area contributed by atoms with Crippen LogP contribution in [0, 0.1) is 46.1 Å². The van der Waals surface area contributed by atoms with E-state index in [2.05, 4.69) is 26.7 Å². The lowest BCUT2D eigenvalue weighted by Gasteiger charge is -2.58.